The van der Waals surface area contributed by atoms with Gasteiger partial charge in [-0.2, -0.15) is 0 Å². The lowest BCUT2D eigenvalue weighted by Crippen LogP contribution is -2.36. The molecule has 4 nitrogen and oxygen atoms in total. The molecule has 0 aromatic heterocycles. The van der Waals surface area contributed by atoms with E-state index in [2.05, 4.69) is 10.6 Å². The van der Waals surface area contributed by atoms with Crippen molar-refractivity contribution in [3.63, 3.8) is 0 Å². The van der Waals surface area contributed by atoms with Gasteiger partial charge in [-0.1, -0.05) is 0 Å². The molecule has 1 fully saturated rings. The number of rotatable bonds is 7. The minimum absolute atomic E-state index is 0.0882. The molecule has 0 heterocycles. The molecule has 0 aliphatic heterocycles. The van der Waals surface area contributed by atoms with E-state index < -0.39 is 0 Å². The summed E-state index contributed by atoms with van der Waals surface area (Å²) in [6, 6.07) is -0.0882. The zero-order valence-electron chi connectivity index (χ0n) is 8.84. The van der Waals surface area contributed by atoms with Gasteiger partial charge in [0.2, 0.25) is 0 Å². The number of carbonyl (C=O) groups is 1. The maximum Gasteiger partial charge on any atom is 0.314 e. The second-order valence-corrected chi connectivity index (χ2v) is 3.66. The molecule has 0 unspecified atom stereocenters. The van der Waals surface area contributed by atoms with Gasteiger partial charge in [0.15, 0.2) is 0 Å². The summed E-state index contributed by atoms with van der Waals surface area (Å²) in [6.45, 7) is 4.92. The maximum absolute atomic E-state index is 10.9. The van der Waals surface area contributed by atoms with Crippen LogP contribution in [0.2, 0.25) is 0 Å². The molecular weight excluding hydrogens is 180 g/mol. The highest BCUT2D eigenvalue weighted by molar-refractivity contribution is 5.73. The van der Waals surface area contributed by atoms with E-state index in [4.69, 9.17) is 4.74 Å². The van der Waals surface area contributed by atoms with Crippen LogP contribution in [-0.4, -0.2) is 32.3 Å². The van der Waals surface area contributed by atoms with Gasteiger partial charge in [-0.05, 0) is 32.1 Å². The SMILES string of the molecule is CCNC(=O)NCCCOCC1CC1. The Bertz CT molecular complexity index is 170. The molecule has 1 aliphatic rings. The van der Waals surface area contributed by atoms with Gasteiger partial charge in [-0.3, -0.25) is 0 Å². The average molecular weight is 200 g/mol. The van der Waals surface area contributed by atoms with E-state index in [0.717, 1.165) is 25.6 Å². The van der Waals surface area contributed by atoms with Gasteiger partial charge in [-0.15, -0.1) is 0 Å². The van der Waals surface area contributed by atoms with Crippen molar-refractivity contribution in [3.05, 3.63) is 0 Å². The van der Waals surface area contributed by atoms with Gasteiger partial charge < -0.3 is 15.4 Å². The van der Waals surface area contributed by atoms with Crippen LogP contribution in [0.25, 0.3) is 0 Å². The molecule has 0 aromatic carbocycles. The zero-order chi connectivity index (χ0) is 10.2. The van der Waals surface area contributed by atoms with Gasteiger partial charge in [0, 0.05) is 26.3 Å². The van der Waals surface area contributed by atoms with Crippen molar-refractivity contribution in [3.8, 4) is 0 Å². The number of hydrogen-bond acceptors (Lipinski definition) is 2. The summed E-state index contributed by atoms with van der Waals surface area (Å²) >= 11 is 0. The minimum atomic E-state index is -0.0882. The van der Waals surface area contributed by atoms with Crippen molar-refractivity contribution in [1.29, 1.82) is 0 Å². The maximum atomic E-state index is 10.9. The van der Waals surface area contributed by atoms with Crippen molar-refractivity contribution < 1.29 is 9.53 Å². The fraction of sp³-hybridized carbons (Fsp3) is 0.900. The monoisotopic (exact) mass is 200 g/mol. The predicted octanol–water partition coefficient (Wildman–Crippen LogP) is 1.12. The molecule has 0 radical (unpaired) electrons. The Labute approximate surface area is 85.4 Å². The van der Waals surface area contributed by atoms with E-state index in [-0.39, 0.29) is 6.03 Å². The van der Waals surface area contributed by atoms with Gasteiger partial charge in [-0.25, -0.2) is 4.79 Å². The second-order valence-electron chi connectivity index (χ2n) is 3.66. The number of amides is 2. The first-order valence-corrected chi connectivity index (χ1v) is 5.42. The molecule has 14 heavy (non-hydrogen) atoms. The summed E-state index contributed by atoms with van der Waals surface area (Å²) in [6.07, 6.45) is 3.55. The van der Waals surface area contributed by atoms with Crippen LogP contribution in [0, 0.1) is 5.92 Å². The molecule has 1 aliphatic carbocycles. The van der Waals surface area contributed by atoms with Crippen LogP contribution in [-0.2, 0) is 4.74 Å². The number of nitrogens with one attached hydrogen (secondary N) is 2. The number of urea groups is 1. The quantitative estimate of drug-likeness (QED) is 0.605. The molecule has 82 valence electrons. The van der Waals surface area contributed by atoms with Crippen LogP contribution in [0.15, 0.2) is 0 Å². The molecule has 0 bridgehead atoms. The van der Waals surface area contributed by atoms with Crippen molar-refractivity contribution in [2.75, 3.05) is 26.3 Å². The van der Waals surface area contributed by atoms with Crippen LogP contribution in [0.4, 0.5) is 4.79 Å². The summed E-state index contributed by atoms with van der Waals surface area (Å²) in [5, 5.41) is 5.43. The first kappa shape index (κ1) is 11.3. The molecule has 1 saturated carbocycles. The highest BCUT2D eigenvalue weighted by Crippen LogP contribution is 2.28. The van der Waals surface area contributed by atoms with Crippen LogP contribution in [0.5, 0.6) is 0 Å². The van der Waals surface area contributed by atoms with Crippen LogP contribution < -0.4 is 10.6 Å². The summed E-state index contributed by atoms with van der Waals surface area (Å²) in [5.74, 6) is 0.825. The van der Waals surface area contributed by atoms with E-state index in [1.807, 2.05) is 6.92 Å². The van der Waals surface area contributed by atoms with Crippen molar-refractivity contribution in [2.45, 2.75) is 26.2 Å². The molecule has 0 spiro atoms. The van der Waals surface area contributed by atoms with E-state index in [1.54, 1.807) is 0 Å². The smallest absolute Gasteiger partial charge is 0.314 e. The highest BCUT2D eigenvalue weighted by Gasteiger charge is 2.20. The van der Waals surface area contributed by atoms with Gasteiger partial charge in [0.1, 0.15) is 0 Å². The van der Waals surface area contributed by atoms with Crippen molar-refractivity contribution in [2.24, 2.45) is 5.92 Å². The number of ether oxygens (including phenoxy) is 1. The second kappa shape index (κ2) is 6.65. The van der Waals surface area contributed by atoms with E-state index in [0.29, 0.717) is 13.1 Å². The summed E-state index contributed by atoms with van der Waals surface area (Å²) in [5.41, 5.74) is 0. The molecule has 0 aromatic rings. The molecule has 0 atom stereocenters. The first-order valence-electron chi connectivity index (χ1n) is 5.42. The number of carbonyl (C=O) groups excluding carboxylic acids is 1. The van der Waals surface area contributed by atoms with Gasteiger partial charge in [0.05, 0.1) is 0 Å². The van der Waals surface area contributed by atoms with E-state index in [1.165, 1.54) is 12.8 Å². The summed E-state index contributed by atoms with van der Waals surface area (Å²) in [4.78, 5) is 10.9. The molecular formula is C10H20N2O2. The Morgan fingerprint density at radius 1 is 1.43 bits per heavy atom. The Morgan fingerprint density at radius 3 is 2.86 bits per heavy atom. The third-order valence-corrected chi connectivity index (χ3v) is 2.14. The minimum Gasteiger partial charge on any atom is -0.381 e. The Kier molecular flexibility index (Phi) is 5.37. The largest absolute Gasteiger partial charge is 0.381 e. The zero-order valence-corrected chi connectivity index (χ0v) is 8.84. The first-order chi connectivity index (χ1) is 6.83. The van der Waals surface area contributed by atoms with E-state index in [9.17, 15) is 4.79 Å². The fourth-order valence-corrected chi connectivity index (χ4v) is 1.13. The highest BCUT2D eigenvalue weighted by atomic mass is 16.5. The van der Waals surface area contributed by atoms with Crippen molar-refractivity contribution >= 4 is 6.03 Å². The Hall–Kier alpha value is -0.770. The summed E-state index contributed by atoms with van der Waals surface area (Å²) < 4.78 is 5.43. The average Bonchev–Trinajstić information content (AvgIpc) is 2.95. The Balaban J connectivity index is 1.76. The molecule has 0 saturated heterocycles. The third kappa shape index (κ3) is 5.80. The predicted molar refractivity (Wildman–Crippen MR) is 55.2 cm³/mol. The summed E-state index contributed by atoms with van der Waals surface area (Å²) in [7, 11) is 0. The van der Waals surface area contributed by atoms with Crippen LogP contribution in [0.1, 0.15) is 26.2 Å². The lowest BCUT2D eigenvalue weighted by Gasteiger charge is -2.05. The van der Waals surface area contributed by atoms with E-state index >= 15 is 0 Å². The molecule has 2 amide bonds. The van der Waals surface area contributed by atoms with Crippen LogP contribution >= 0.6 is 0 Å². The topological polar surface area (TPSA) is 50.4 Å². The molecule has 4 heteroatoms. The lowest BCUT2D eigenvalue weighted by molar-refractivity contribution is 0.122. The van der Waals surface area contributed by atoms with Crippen LogP contribution in [0.3, 0.4) is 0 Å². The van der Waals surface area contributed by atoms with Gasteiger partial charge >= 0.3 is 6.03 Å². The fourth-order valence-electron chi connectivity index (χ4n) is 1.13. The van der Waals surface area contributed by atoms with Gasteiger partial charge in [0.25, 0.3) is 0 Å². The standard InChI is InChI=1S/C10H20N2O2/c1-2-11-10(13)12-6-3-7-14-8-9-4-5-9/h9H,2-8H2,1H3,(H2,11,12,13). The lowest BCUT2D eigenvalue weighted by atomic mass is 10.4. The molecule has 2 N–H and O–H groups in total. The number of hydrogen-bond donors (Lipinski definition) is 2. The van der Waals surface area contributed by atoms with Crippen molar-refractivity contribution in [1.82, 2.24) is 10.6 Å². The third-order valence-electron chi connectivity index (χ3n) is 2.14. The Morgan fingerprint density at radius 2 is 2.21 bits per heavy atom. The molecule has 1 rings (SSSR count). The normalized spacial score (nSPS) is 15.2.